The van der Waals surface area contributed by atoms with Crippen molar-refractivity contribution in [3.05, 3.63) is 24.0 Å². The van der Waals surface area contributed by atoms with Gasteiger partial charge in [0.2, 0.25) is 11.7 Å². The third-order valence-corrected chi connectivity index (χ3v) is 4.52. The van der Waals surface area contributed by atoms with Gasteiger partial charge >= 0.3 is 0 Å². The summed E-state index contributed by atoms with van der Waals surface area (Å²) in [4.78, 5) is 32.3. The summed E-state index contributed by atoms with van der Waals surface area (Å²) in [5.41, 5.74) is 1.43. The lowest BCUT2D eigenvalue weighted by Crippen LogP contribution is -2.39. The van der Waals surface area contributed by atoms with Gasteiger partial charge in [-0.3, -0.25) is 9.59 Å². The lowest BCUT2D eigenvalue weighted by atomic mass is 10.1. The molecule has 6 heteroatoms. The van der Waals surface area contributed by atoms with Crippen LogP contribution in [0.1, 0.15) is 52.2 Å². The van der Waals surface area contributed by atoms with E-state index < -0.39 is 0 Å². The van der Waals surface area contributed by atoms with Gasteiger partial charge in [0.15, 0.2) is 5.82 Å². The Hall–Kier alpha value is -2.37. The van der Waals surface area contributed by atoms with Crippen molar-refractivity contribution in [2.24, 2.45) is 17.8 Å². The predicted octanol–water partition coefficient (Wildman–Crippen LogP) is 4.02. The molecule has 2 aromatic rings. The zero-order valence-corrected chi connectivity index (χ0v) is 18.2. The molecule has 0 spiro atoms. The van der Waals surface area contributed by atoms with Gasteiger partial charge in [-0.25, -0.2) is 4.98 Å². The molecule has 0 bridgehead atoms. The summed E-state index contributed by atoms with van der Waals surface area (Å²) in [5, 5.41) is 0. The number of aromatic nitrogens is 2. The van der Waals surface area contributed by atoms with E-state index in [-0.39, 0.29) is 24.2 Å². The molecule has 2 rings (SSSR count). The number of imidazole rings is 1. The van der Waals surface area contributed by atoms with Crippen molar-refractivity contribution in [2.45, 2.75) is 48.1 Å². The number of carbonyl (C=O) groups is 2. The van der Waals surface area contributed by atoms with E-state index in [9.17, 15) is 9.59 Å². The summed E-state index contributed by atoms with van der Waals surface area (Å²) in [7, 11) is 1.60. The number of carbonyl (C=O) groups excluding carboxylic acids is 2. The zero-order valence-electron chi connectivity index (χ0n) is 18.2. The first-order chi connectivity index (χ1) is 13.1. The molecule has 6 nitrogen and oxygen atoms in total. The van der Waals surface area contributed by atoms with Gasteiger partial charge in [-0.15, -0.1) is 0 Å². The van der Waals surface area contributed by atoms with Crippen molar-refractivity contribution in [1.82, 2.24) is 14.5 Å². The van der Waals surface area contributed by atoms with Gasteiger partial charge in [-0.05, 0) is 24.0 Å². The lowest BCUT2D eigenvalue weighted by molar-refractivity contribution is -0.132. The van der Waals surface area contributed by atoms with Crippen LogP contribution in [0.4, 0.5) is 0 Å². The van der Waals surface area contributed by atoms with Gasteiger partial charge in [0.1, 0.15) is 12.3 Å². The van der Waals surface area contributed by atoms with Crippen LogP contribution >= 0.6 is 0 Å². The number of methoxy groups -OCH3 is 1. The topological polar surface area (TPSA) is 64.4 Å². The first-order valence-corrected chi connectivity index (χ1v) is 10.00. The Morgan fingerprint density at radius 1 is 1.07 bits per heavy atom. The van der Waals surface area contributed by atoms with Crippen molar-refractivity contribution in [3.63, 3.8) is 0 Å². The second-order valence-corrected chi connectivity index (χ2v) is 8.48. The Morgan fingerprint density at radius 2 is 1.68 bits per heavy atom. The van der Waals surface area contributed by atoms with Crippen LogP contribution in [0.2, 0.25) is 0 Å². The highest BCUT2D eigenvalue weighted by Gasteiger charge is 2.24. The van der Waals surface area contributed by atoms with Gasteiger partial charge < -0.3 is 14.2 Å². The summed E-state index contributed by atoms with van der Waals surface area (Å²) in [5.74, 6) is 1.49. The molecule has 28 heavy (non-hydrogen) atoms. The number of hydrogen-bond donors (Lipinski definition) is 0. The van der Waals surface area contributed by atoms with E-state index in [4.69, 9.17) is 4.74 Å². The third kappa shape index (κ3) is 5.12. The monoisotopic (exact) mass is 387 g/mol. The molecule has 0 saturated carbocycles. The van der Waals surface area contributed by atoms with Gasteiger partial charge in [-0.1, -0.05) is 41.5 Å². The summed E-state index contributed by atoms with van der Waals surface area (Å²) in [6.45, 7) is 13.6. The smallest absolute Gasteiger partial charge is 0.242 e. The molecule has 0 fully saturated rings. The normalized spacial score (nSPS) is 11.6. The number of nitrogens with zero attached hydrogens (tertiary/aromatic N) is 3. The first kappa shape index (κ1) is 21.9. The fraction of sp³-hybridized carbons (Fsp3) is 0.591. The molecule has 1 amide bonds. The van der Waals surface area contributed by atoms with Crippen LogP contribution in [0.5, 0.6) is 5.75 Å². The lowest BCUT2D eigenvalue weighted by Gasteiger charge is -2.27. The SMILES string of the molecule is COc1ccc2nc(C(=O)C(C)C)n(CC(=O)N(CC(C)C)CC(C)C)c2c1. The van der Waals surface area contributed by atoms with Crippen LogP contribution < -0.4 is 4.74 Å². The maximum Gasteiger partial charge on any atom is 0.242 e. The van der Waals surface area contributed by atoms with E-state index in [0.29, 0.717) is 42.0 Å². The average Bonchev–Trinajstić information content (AvgIpc) is 2.97. The van der Waals surface area contributed by atoms with Crippen molar-refractivity contribution in [2.75, 3.05) is 20.2 Å². The number of hydrogen-bond acceptors (Lipinski definition) is 4. The fourth-order valence-corrected chi connectivity index (χ4v) is 3.23. The number of ether oxygens (including phenoxy) is 1. The molecule has 0 atom stereocenters. The van der Waals surface area contributed by atoms with Crippen LogP contribution in [0, 0.1) is 17.8 Å². The molecular weight excluding hydrogens is 354 g/mol. The summed E-state index contributed by atoms with van der Waals surface area (Å²) >= 11 is 0. The van der Waals surface area contributed by atoms with Gasteiger partial charge in [0.25, 0.3) is 0 Å². The van der Waals surface area contributed by atoms with E-state index in [1.165, 1.54) is 0 Å². The molecule has 0 N–H and O–H groups in total. The molecule has 0 radical (unpaired) electrons. The Balaban J connectivity index is 2.48. The van der Waals surface area contributed by atoms with Crippen molar-refractivity contribution in [1.29, 1.82) is 0 Å². The highest BCUT2D eigenvalue weighted by atomic mass is 16.5. The number of Topliss-reactive ketones (excluding diaryl/α,β-unsaturated/α-hetero) is 1. The third-order valence-electron chi connectivity index (χ3n) is 4.52. The minimum atomic E-state index is -0.199. The molecule has 154 valence electrons. The average molecular weight is 388 g/mol. The van der Waals surface area contributed by atoms with Crippen LogP contribution in [0.15, 0.2) is 18.2 Å². The van der Waals surface area contributed by atoms with E-state index in [1.54, 1.807) is 11.7 Å². The number of amides is 1. The minimum Gasteiger partial charge on any atom is -0.497 e. The molecule has 1 heterocycles. The highest BCUT2D eigenvalue weighted by Crippen LogP contribution is 2.24. The van der Waals surface area contributed by atoms with E-state index in [0.717, 1.165) is 5.52 Å². The van der Waals surface area contributed by atoms with Crippen LogP contribution in [0.25, 0.3) is 11.0 Å². The molecular formula is C22H33N3O3. The van der Waals surface area contributed by atoms with E-state index >= 15 is 0 Å². The highest BCUT2D eigenvalue weighted by molar-refractivity contribution is 5.98. The second-order valence-electron chi connectivity index (χ2n) is 8.48. The van der Waals surface area contributed by atoms with Crippen molar-refractivity contribution < 1.29 is 14.3 Å². The van der Waals surface area contributed by atoms with Gasteiger partial charge in [-0.2, -0.15) is 0 Å². The first-order valence-electron chi connectivity index (χ1n) is 10.00. The number of ketones is 1. The molecule has 0 unspecified atom stereocenters. The quantitative estimate of drug-likeness (QED) is 0.610. The summed E-state index contributed by atoms with van der Waals surface area (Å²) in [6, 6.07) is 5.48. The summed E-state index contributed by atoms with van der Waals surface area (Å²) < 4.78 is 7.08. The van der Waals surface area contributed by atoms with Gasteiger partial charge in [0, 0.05) is 25.1 Å². The van der Waals surface area contributed by atoms with Crippen molar-refractivity contribution >= 4 is 22.7 Å². The van der Waals surface area contributed by atoms with Crippen molar-refractivity contribution in [3.8, 4) is 5.75 Å². The van der Waals surface area contributed by atoms with E-state index in [1.807, 2.05) is 36.9 Å². The zero-order chi connectivity index (χ0) is 21.0. The Bertz CT molecular complexity index is 827. The van der Waals surface area contributed by atoms with E-state index in [2.05, 4.69) is 32.7 Å². The Morgan fingerprint density at radius 3 is 2.18 bits per heavy atom. The molecule has 0 aliphatic rings. The summed E-state index contributed by atoms with van der Waals surface area (Å²) in [6.07, 6.45) is 0. The van der Waals surface area contributed by atoms with Crippen LogP contribution in [-0.2, 0) is 11.3 Å². The largest absolute Gasteiger partial charge is 0.497 e. The maximum absolute atomic E-state index is 13.2. The van der Waals surface area contributed by atoms with Crippen LogP contribution in [0.3, 0.4) is 0 Å². The molecule has 0 saturated heterocycles. The fourth-order valence-electron chi connectivity index (χ4n) is 3.23. The predicted molar refractivity (Wildman–Crippen MR) is 112 cm³/mol. The molecule has 0 aliphatic carbocycles. The number of benzene rings is 1. The molecule has 1 aromatic carbocycles. The Labute approximate surface area is 167 Å². The Kier molecular flexibility index (Phi) is 7.22. The molecule has 0 aliphatic heterocycles. The second kappa shape index (κ2) is 9.22. The minimum absolute atomic E-state index is 0.00215. The number of rotatable bonds is 9. The maximum atomic E-state index is 13.2. The molecule has 1 aromatic heterocycles. The number of fused-ring (bicyclic) bond motifs is 1. The van der Waals surface area contributed by atoms with Crippen LogP contribution in [-0.4, -0.2) is 46.3 Å². The standard InChI is InChI=1S/C22H33N3O3/c1-14(2)11-24(12-15(3)4)20(26)13-25-19-10-17(28-7)8-9-18(19)23-22(25)21(27)16(5)6/h8-10,14-16H,11-13H2,1-7H3. The van der Waals surface area contributed by atoms with Gasteiger partial charge in [0.05, 0.1) is 18.1 Å².